The number of pyridine rings is 1. The third-order valence-electron chi connectivity index (χ3n) is 4.82. The highest BCUT2D eigenvalue weighted by Gasteiger charge is 2.14. The fourth-order valence-electron chi connectivity index (χ4n) is 3.24. The molecule has 0 spiro atoms. The monoisotopic (exact) mass is 413 g/mol. The third-order valence-corrected chi connectivity index (χ3v) is 4.82. The van der Waals surface area contributed by atoms with Crippen LogP contribution in [0.5, 0.6) is 11.6 Å². The molecule has 154 valence electrons. The molecule has 2 aromatic heterocycles. The summed E-state index contributed by atoms with van der Waals surface area (Å²) in [6, 6.07) is 19.2. The second kappa shape index (κ2) is 8.78. The Morgan fingerprint density at radius 3 is 2.68 bits per heavy atom. The van der Waals surface area contributed by atoms with Crippen molar-refractivity contribution in [1.29, 1.82) is 5.26 Å². The number of rotatable bonds is 6. The summed E-state index contributed by atoms with van der Waals surface area (Å²) in [5.41, 5.74) is 9.86. The van der Waals surface area contributed by atoms with Crippen LogP contribution in [-0.2, 0) is 13.5 Å². The largest absolute Gasteiger partial charge is 0.439 e. The molecule has 0 saturated carbocycles. The smallest absolute Gasteiger partial charge is 0.218 e. The number of halogens is 1. The SMILES string of the molecule is Cn1nc(-c2cccc(F)c2)cc1Oc1cc(C#N)ccc1-c1ccc(CCN)nc1. The molecule has 0 aliphatic heterocycles. The Kier molecular flexibility index (Phi) is 5.74. The van der Waals surface area contributed by atoms with Gasteiger partial charge >= 0.3 is 0 Å². The topological polar surface area (TPSA) is 89.8 Å². The second-order valence-corrected chi connectivity index (χ2v) is 7.00. The van der Waals surface area contributed by atoms with Gasteiger partial charge in [0, 0.05) is 48.1 Å². The van der Waals surface area contributed by atoms with E-state index >= 15 is 0 Å². The first-order chi connectivity index (χ1) is 15.1. The molecule has 0 saturated heterocycles. The maximum absolute atomic E-state index is 13.6. The molecule has 0 bridgehead atoms. The van der Waals surface area contributed by atoms with E-state index in [-0.39, 0.29) is 5.82 Å². The molecule has 7 heteroatoms. The van der Waals surface area contributed by atoms with E-state index in [1.54, 1.807) is 48.3 Å². The molecule has 2 heterocycles. The van der Waals surface area contributed by atoms with Gasteiger partial charge in [-0.1, -0.05) is 18.2 Å². The summed E-state index contributed by atoms with van der Waals surface area (Å²) >= 11 is 0. The molecule has 0 atom stereocenters. The van der Waals surface area contributed by atoms with E-state index < -0.39 is 0 Å². The Hall–Kier alpha value is -4.02. The Labute approximate surface area is 179 Å². The first kappa shape index (κ1) is 20.3. The maximum Gasteiger partial charge on any atom is 0.218 e. The van der Waals surface area contributed by atoms with Crippen LogP contribution in [0.4, 0.5) is 4.39 Å². The number of ether oxygens (including phenoxy) is 1. The van der Waals surface area contributed by atoms with Crippen LogP contribution in [0.3, 0.4) is 0 Å². The highest BCUT2D eigenvalue weighted by molar-refractivity contribution is 5.71. The van der Waals surface area contributed by atoms with Gasteiger partial charge in [-0.25, -0.2) is 9.07 Å². The number of nitrogens with zero attached hydrogens (tertiary/aromatic N) is 4. The highest BCUT2D eigenvalue weighted by atomic mass is 19.1. The zero-order chi connectivity index (χ0) is 21.8. The molecule has 0 fully saturated rings. The molecule has 0 radical (unpaired) electrons. The van der Waals surface area contributed by atoms with Crippen LogP contribution in [0, 0.1) is 17.1 Å². The average molecular weight is 413 g/mol. The zero-order valence-corrected chi connectivity index (χ0v) is 16.9. The summed E-state index contributed by atoms with van der Waals surface area (Å²) in [6.45, 7) is 0.533. The predicted octanol–water partition coefficient (Wildman–Crippen LogP) is 4.45. The molecular weight excluding hydrogens is 393 g/mol. The van der Waals surface area contributed by atoms with E-state index in [2.05, 4.69) is 16.2 Å². The number of nitrogens with two attached hydrogens (primary N) is 1. The molecule has 0 amide bonds. The minimum Gasteiger partial charge on any atom is -0.439 e. The highest BCUT2D eigenvalue weighted by Crippen LogP contribution is 2.35. The third kappa shape index (κ3) is 4.44. The van der Waals surface area contributed by atoms with E-state index in [1.807, 2.05) is 18.2 Å². The van der Waals surface area contributed by atoms with Crippen LogP contribution in [0.15, 0.2) is 66.9 Å². The standard InChI is InChI=1S/C24H20FN5O/c1-30-24(13-22(29-30)17-3-2-4-19(25)12-17)31-23-11-16(14-27)5-8-21(23)18-6-7-20(9-10-26)28-15-18/h2-8,11-13,15H,9-10,26H2,1H3. The first-order valence-corrected chi connectivity index (χ1v) is 9.74. The van der Waals surface area contributed by atoms with Gasteiger partial charge < -0.3 is 10.5 Å². The van der Waals surface area contributed by atoms with E-state index in [0.717, 1.165) is 16.8 Å². The number of hydrogen-bond acceptors (Lipinski definition) is 5. The number of hydrogen-bond donors (Lipinski definition) is 1. The minimum absolute atomic E-state index is 0.333. The van der Waals surface area contributed by atoms with Crippen molar-refractivity contribution in [3.8, 4) is 40.1 Å². The molecule has 2 aromatic carbocycles. The number of benzene rings is 2. The minimum atomic E-state index is -0.333. The van der Waals surface area contributed by atoms with Gasteiger partial charge in [-0.05, 0) is 42.9 Å². The molecule has 6 nitrogen and oxygen atoms in total. The van der Waals surface area contributed by atoms with E-state index in [4.69, 9.17) is 10.5 Å². The zero-order valence-electron chi connectivity index (χ0n) is 16.9. The fraction of sp³-hybridized carbons (Fsp3) is 0.125. The van der Waals surface area contributed by atoms with Gasteiger partial charge in [0.2, 0.25) is 5.88 Å². The van der Waals surface area contributed by atoms with Crippen LogP contribution in [-0.4, -0.2) is 21.3 Å². The summed E-state index contributed by atoms with van der Waals surface area (Å²) in [7, 11) is 1.75. The van der Waals surface area contributed by atoms with Crippen molar-refractivity contribution >= 4 is 0 Å². The molecule has 4 rings (SSSR count). The summed E-state index contributed by atoms with van der Waals surface area (Å²) < 4.78 is 21.3. The molecule has 31 heavy (non-hydrogen) atoms. The van der Waals surface area contributed by atoms with Crippen molar-refractivity contribution in [2.75, 3.05) is 6.54 Å². The molecule has 0 aliphatic carbocycles. The van der Waals surface area contributed by atoms with Crippen LogP contribution >= 0.6 is 0 Å². The first-order valence-electron chi connectivity index (χ1n) is 9.74. The van der Waals surface area contributed by atoms with E-state index in [0.29, 0.717) is 41.4 Å². The lowest BCUT2D eigenvalue weighted by Crippen LogP contribution is -2.04. The van der Waals surface area contributed by atoms with Crippen LogP contribution in [0.1, 0.15) is 11.3 Å². The summed E-state index contributed by atoms with van der Waals surface area (Å²) in [4.78, 5) is 4.45. The average Bonchev–Trinajstić information content (AvgIpc) is 3.15. The number of aryl methyl sites for hydroxylation is 1. The molecule has 0 unspecified atom stereocenters. The second-order valence-electron chi connectivity index (χ2n) is 7.00. The van der Waals surface area contributed by atoms with Crippen molar-refractivity contribution in [2.24, 2.45) is 12.8 Å². The Balaban J connectivity index is 1.70. The lowest BCUT2D eigenvalue weighted by atomic mass is 10.0. The van der Waals surface area contributed by atoms with E-state index in [9.17, 15) is 9.65 Å². The quantitative estimate of drug-likeness (QED) is 0.504. The van der Waals surface area contributed by atoms with Crippen molar-refractivity contribution < 1.29 is 9.13 Å². The lowest BCUT2D eigenvalue weighted by molar-refractivity contribution is 0.432. The molecule has 2 N–H and O–H groups in total. The maximum atomic E-state index is 13.6. The van der Waals surface area contributed by atoms with Gasteiger partial charge in [-0.3, -0.25) is 4.98 Å². The Bertz CT molecular complexity index is 1260. The normalized spacial score (nSPS) is 10.6. The molecule has 4 aromatic rings. The molecule has 0 aliphatic rings. The van der Waals surface area contributed by atoms with Gasteiger partial charge in [-0.2, -0.15) is 10.4 Å². The van der Waals surface area contributed by atoms with Crippen LogP contribution in [0.25, 0.3) is 22.4 Å². The Morgan fingerprint density at radius 1 is 1.10 bits per heavy atom. The Morgan fingerprint density at radius 2 is 1.97 bits per heavy atom. The number of nitriles is 1. The van der Waals surface area contributed by atoms with Gasteiger partial charge in [-0.15, -0.1) is 0 Å². The van der Waals surface area contributed by atoms with Crippen molar-refractivity contribution in [1.82, 2.24) is 14.8 Å². The lowest BCUT2D eigenvalue weighted by Gasteiger charge is -2.12. The van der Waals surface area contributed by atoms with Crippen molar-refractivity contribution in [3.05, 3.63) is 83.9 Å². The number of aromatic nitrogens is 3. The summed E-state index contributed by atoms with van der Waals surface area (Å²) in [6.07, 6.45) is 2.47. The summed E-state index contributed by atoms with van der Waals surface area (Å²) in [5.74, 6) is 0.629. The van der Waals surface area contributed by atoms with Gasteiger partial charge in [0.25, 0.3) is 0 Å². The van der Waals surface area contributed by atoms with Crippen LogP contribution in [0.2, 0.25) is 0 Å². The van der Waals surface area contributed by atoms with Crippen molar-refractivity contribution in [2.45, 2.75) is 6.42 Å². The summed E-state index contributed by atoms with van der Waals surface area (Å²) in [5, 5.41) is 13.8. The van der Waals surface area contributed by atoms with Crippen molar-refractivity contribution in [3.63, 3.8) is 0 Å². The molecular formula is C24H20FN5O. The predicted molar refractivity (Wildman–Crippen MR) is 116 cm³/mol. The fourth-order valence-corrected chi connectivity index (χ4v) is 3.24. The van der Waals surface area contributed by atoms with Crippen LogP contribution < -0.4 is 10.5 Å². The van der Waals surface area contributed by atoms with E-state index in [1.165, 1.54) is 12.1 Å². The van der Waals surface area contributed by atoms with Gasteiger partial charge in [0.15, 0.2) is 0 Å². The van der Waals surface area contributed by atoms with Gasteiger partial charge in [0.05, 0.1) is 17.3 Å². The van der Waals surface area contributed by atoms with Gasteiger partial charge in [0.1, 0.15) is 11.6 Å².